The minimum Gasteiger partial charge on any atom is -0.465 e. The van der Waals surface area contributed by atoms with Crippen molar-refractivity contribution in [1.82, 2.24) is 0 Å². The molecule has 0 aromatic carbocycles. The summed E-state index contributed by atoms with van der Waals surface area (Å²) in [6.07, 6.45) is 6.09. The van der Waals surface area contributed by atoms with E-state index in [9.17, 15) is 4.79 Å². The zero-order chi connectivity index (χ0) is 11.7. The maximum absolute atomic E-state index is 11.3. The molecule has 0 aliphatic heterocycles. The van der Waals surface area contributed by atoms with Gasteiger partial charge in [0.15, 0.2) is 0 Å². The minimum atomic E-state index is -0.0658. The molecule has 0 radical (unpaired) electrons. The van der Waals surface area contributed by atoms with Crippen LogP contribution in [0, 0.1) is 11.8 Å². The fourth-order valence-corrected chi connectivity index (χ4v) is 1.45. The molecular weight excluding hydrogens is 188 g/mol. The summed E-state index contributed by atoms with van der Waals surface area (Å²) in [6.45, 7) is 8.73. The highest BCUT2D eigenvalue weighted by atomic mass is 16.5. The van der Waals surface area contributed by atoms with Crippen LogP contribution in [-0.2, 0) is 9.53 Å². The van der Waals surface area contributed by atoms with E-state index in [1.54, 1.807) is 0 Å². The Kier molecular flexibility index (Phi) is 8.44. The van der Waals surface area contributed by atoms with Crippen molar-refractivity contribution >= 4 is 5.97 Å². The molecule has 0 bridgehead atoms. The Morgan fingerprint density at radius 1 is 1.20 bits per heavy atom. The molecule has 15 heavy (non-hydrogen) atoms. The molecule has 0 fully saturated rings. The first-order valence-corrected chi connectivity index (χ1v) is 6.28. The van der Waals surface area contributed by atoms with Gasteiger partial charge in [-0.25, -0.2) is 0 Å². The number of carbonyl (C=O) groups excluding carboxylic acids is 1. The van der Waals surface area contributed by atoms with Crippen LogP contribution >= 0.6 is 0 Å². The molecule has 0 saturated carbocycles. The van der Waals surface area contributed by atoms with Gasteiger partial charge >= 0.3 is 5.97 Å². The van der Waals surface area contributed by atoms with E-state index in [1.807, 2.05) is 13.8 Å². The van der Waals surface area contributed by atoms with Gasteiger partial charge < -0.3 is 4.74 Å². The highest BCUT2D eigenvalue weighted by Gasteiger charge is 2.12. The average Bonchev–Trinajstić information content (AvgIpc) is 2.22. The van der Waals surface area contributed by atoms with E-state index in [2.05, 4.69) is 13.8 Å². The predicted octanol–water partition coefficient (Wildman–Crippen LogP) is 3.79. The second kappa shape index (κ2) is 8.75. The van der Waals surface area contributed by atoms with Crippen LogP contribution in [0.3, 0.4) is 0 Å². The molecule has 1 atom stereocenters. The van der Waals surface area contributed by atoms with Crippen LogP contribution in [0.15, 0.2) is 0 Å². The second-order valence-electron chi connectivity index (χ2n) is 4.55. The molecule has 0 aliphatic rings. The molecule has 0 heterocycles. The van der Waals surface area contributed by atoms with Crippen LogP contribution in [0.4, 0.5) is 0 Å². The minimum absolute atomic E-state index is 0.00171. The van der Waals surface area contributed by atoms with Crippen molar-refractivity contribution in [3.8, 4) is 0 Å². The molecule has 0 N–H and O–H groups in total. The zero-order valence-electron chi connectivity index (χ0n) is 10.7. The van der Waals surface area contributed by atoms with Gasteiger partial charge in [0.1, 0.15) is 0 Å². The first kappa shape index (κ1) is 14.5. The molecule has 0 rings (SSSR count). The lowest BCUT2D eigenvalue weighted by molar-refractivity contribution is -0.148. The van der Waals surface area contributed by atoms with Crippen LogP contribution in [0.5, 0.6) is 0 Å². The molecule has 0 aromatic heterocycles. The molecule has 0 saturated heterocycles. The third-order valence-electron chi connectivity index (χ3n) is 2.73. The van der Waals surface area contributed by atoms with Crippen LogP contribution in [0.25, 0.3) is 0 Å². The maximum Gasteiger partial charge on any atom is 0.308 e. The van der Waals surface area contributed by atoms with Crippen LogP contribution in [0.1, 0.15) is 59.8 Å². The summed E-state index contributed by atoms with van der Waals surface area (Å²) in [5.41, 5.74) is 0. The van der Waals surface area contributed by atoms with Gasteiger partial charge in [-0.15, -0.1) is 0 Å². The van der Waals surface area contributed by atoms with Crippen LogP contribution < -0.4 is 0 Å². The van der Waals surface area contributed by atoms with E-state index in [1.165, 1.54) is 25.7 Å². The van der Waals surface area contributed by atoms with Gasteiger partial charge in [0.25, 0.3) is 0 Å². The Balaban J connectivity index is 3.65. The lowest BCUT2D eigenvalue weighted by Gasteiger charge is -2.15. The van der Waals surface area contributed by atoms with E-state index in [0.29, 0.717) is 12.5 Å². The van der Waals surface area contributed by atoms with Gasteiger partial charge in [-0.2, -0.15) is 0 Å². The van der Waals surface area contributed by atoms with Gasteiger partial charge in [-0.1, -0.05) is 53.4 Å². The van der Waals surface area contributed by atoms with E-state index in [0.717, 1.165) is 6.42 Å². The topological polar surface area (TPSA) is 26.3 Å². The second-order valence-corrected chi connectivity index (χ2v) is 4.55. The summed E-state index contributed by atoms with van der Waals surface area (Å²) in [5, 5.41) is 0. The predicted molar refractivity (Wildman–Crippen MR) is 63.7 cm³/mol. The Bertz CT molecular complexity index is 164. The Morgan fingerprint density at radius 3 is 2.33 bits per heavy atom. The summed E-state index contributed by atoms with van der Waals surface area (Å²) in [7, 11) is 0. The number of carbonyl (C=O) groups is 1. The van der Waals surface area contributed by atoms with Crippen LogP contribution in [0.2, 0.25) is 0 Å². The summed E-state index contributed by atoms with van der Waals surface area (Å²) in [6, 6.07) is 0. The highest BCUT2D eigenvalue weighted by Crippen LogP contribution is 2.14. The zero-order valence-corrected chi connectivity index (χ0v) is 10.7. The van der Waals surface area contributed by atoms with E-state index in [4.69, 9.17) is 4.74 Å². The van der Waals surface area contributed by atoms with Crippen molar-refractivity contribution in [1.29, 1.82) is 0 Å². The fourth-order valence-electron chi connectivity index (χ4n) is 1.45. The number of esters is 1. The third-order valence-corrected chi connectivity index (χ3v) is 2.73. The molecule has 0 spiro atoms. The normalized spacial score (nSPS) is 12.9. The number of unbranched alkanes of at least 4 members (excludes halogenated alkanes) is 2. The molecule has 0 aliphatic carbocycles. The Labute approximate surface area is 94.4 Å². The molecule has 0 aromatic rings. The molecule has 90 valence electrons. The molecule has 0 amide bonds. The summed E-state index contributed by atoms with van der Waals surface area (Å²) < 4.78 is 5.25. The molecule has 2 heteroatoms. The lowest BCUT2D eigenvalue weighted by Crippen LogP contribution is -2.17. The fraction of sp³-hybridized carbons (Fsp3) is 0.923. The molecule has 1 unspecified atom stereocenters. The molecule has 2 nitrogen and oxygen atoms in total. The quantitative estimate of drug-likeness (QED) is 0.454. The van der Waals surface area contributed by atoms with Crippen molar-refractivity contribution in [2.45, 2.75) is 59.8 Å². The lowest BCUT2D eigenvalue weighted by atomic mass is 10.00. The van der Waals surface area contributed by atoms with Gasteiger partial charge in [0.2, 0.25) is 0 Å². The molecular formula is C13H26O2. The standard InChI is InChI=1S/C13H26O2/c1-5-7-8-9-12(6-2)10-15-13(14)11(3)4/h11-12H,5-10H2,1-4H3. The number of ether oxygens (including phenoxy) is 1. The average molecular weight is 214 g/mol. The van der Waals surface area contributed by atoms with E-state index >= 15 is 0 Å². The number of hydrogen-bond donors (Lipinski definition) is 0. The number of rotatable bonds is 8. The first-order chi connectivity index (χ1) is 7.11. The first-order valence-electron chi connectivity index (χ1n) is 6.28. The van der Waals surface area contributed by atoms with Gasteiger partial charge in [0.05, 0.1) is 12.5 Å². The van der Waals surface area contributed by atoms with Gasteiger partial charge in [0, 0.05) is 0 Å². The monoisotopic (exact) mass is 214 g/mol. The van der Waals surface area contributed by atoms with E-state index < -0.39 is 0 Å². The highest BCUT2D eigenvalue weighted by molar-refractivity contribution is 5.71. The van der Waals surface area contributed by atoms with Crippen molar-refractivity contribution in [3.05, 3.63) is 0 Å². The van der Waals surface area contributed by atoms with Gasteiger partial charge in [-0.3, -0.25) is 4.79 Å². The maximum atomic E-state index is 11.3. The summed E-state index contributed by atoms with van der Waals surface area (Å²) in [4.78, 5) is 11.3. The van der Waals surface area contributed by atoms with Crippen molar-refractivity contribution in [2.24, 2.45) is 11.8 Å². The Morgan fingerprint density at radius 2 is 1.87 bits per heavy atom. The van der Waals surface area contributed by atoms with Crippen molar-refractivity contribution < 1.29 is 9.53 Å². The van der Waals surface area contributed by atoms with Crippen molar-refractivity contribution in [2.75, 3.05) is 6.61 Å². The smallest absolute Gasteiger partial charge is 0.308 e. The number of hydrogen-bond acceptors (Lipinski definition) is 2. The van der Waals surface area contributed by atoms with Crippen LogP contribution in [-0.4, -0.2) is 12.6 Å². The Hall–Kier alpha value is -0.530. The summed E-state index contributed by atoms with van der Waals surface area (Å²) >= 11 is 0. The largest absolute Gasteiger partial charge is 0.465 e. The summed E-state index contributed by atoms with van der Waals surface area (Å²) in [5.74, 6) is 0.487. The van der Waals surface area contributed by atoms with Gasteiger partial charge in [-0.05, 0) is 12.3 Å². The van der Waals surface area contributed by atoms with Crippen molar-refractivity contribution in [3.63, 3.8) is 0 Å². The third kappa shape index (κ3) is 7.40. The van der Waals surface area contributed by atoms with E-state index in [-0.39, 0.29) is 11.9 Å². The SMILES string of the molecule is CCCCCC(CC)COC(=O)C(C)C.